The number of ketones is 1. The van der Waals surface area contributed by atoms with Crippen LogP contribution in [0.2, 0.25) is 0 Å². The molecule has 23 heavy (non-hydrogen) atoms. The molecule has 0 saturated heterocycles. The Morgan fingerprint density at radius 1 is 0.652 bits per heavy atom. The Morgan fingerprint density at radius 2 is 1.13 bits per heavy atom. The molecule has 0 bridgehead atoms. The smallest absolute Gasteiger partial charge is 0.186 e. The molecule has 0 amide bonds. The molecule has 1 nitrogen and oxygen atoms in total. The fourth-order valence-electron chi connectivity index (χ4n) is 2.50. The summed E-state index contributed by atoms with van der Waals surface area (Å²) in [4.78, 5) is 12.6. The lowest BCUT2D eigenvalue weighted by Gasteiger charge is -2.08. The number of hydrogen-bond donors (Lipinski definition) is 0. The van der Waals surface area contributed by atoms with Gasteiger partial charge >= 0.3 is 0 Å². The molecule has 0 aromatic heterocycles. The Morgan fingerprint density at radius 3 is 1.61 bits per heavy atom. The van der Waals surface area contributed by atoms with Gasteiger partial charge in [0.15, 0.2) is 5.78 Å². The average molecular weight is 298 g/mol. The van der Waals surface area contributed by atoms with Crippen molar-refractivity contribution in [3.8, 4) is 0 Å². The Bertz CT molecular complexity index is 771. The zero-order valence-corrected chi connectivity index (χ0v) is 13.1. The van der Waals surface area contributed by atoms with Crippen molar-refractivity contribution in [1.29, 1.82) is 0 Å². The molecule has 0 saturated carbocycles. The fourth-order valence-corrected chi connectivity index (χ4v) is 2.50. The lowest BCUT2D eigenvalue weighted by Crippen LogP contribution is -1.98. The molecule has 0 N–H and O–H groups in total. The maximum absolute atomic E-state index is 12.6. The molecule has 0 aliphatic carbocycles. The Hall–Kier alpha value is -2.93. The number of allylic oxidation sites excluding steroid dienone is 1. The van der Waals surface area contributed by atoms with E-state index < -0.39 is 0 Å². The lowest BCUT2D eigenvalue weighted by molar-refractivity contribution is 0.104. The molecule has 0 fully saturated rings. The van der Waals surface area contributed by atoms with Gasteiger partial charge in [-0.2, -0.15) is 0 Å². The number of carbonyl (C=O) groups excluding carboxylic acids is 1. The molecule has 0 radical (unpaired) electrons. The second kappa shape index (κ2) is 6.89. The minimum Gasteiger partial charge on any atom is -0.289 e. The molecular weight excluding hydrogens is 280 g/mol. The zero-order chi connectivity index (χ0) is 16.1. The highest BCUT2D eigenvalue weighted by molar-refractivity contribution is 6.10. The molecule has 0 aliphatic rings. The number of benzene rings is 3. The van der Waals surface area contributed by atoms with Crippen LogP contribution >= 0.6 is 0 Å². The molecule has 0 spiro atoms. The van der Waals surface area contributed by atoms with Gasteiger partial charge in [0.25, 0.3) is 0 Å². The van der Waals surface area contributed by atoms with Crippen molar-refractivity contribution >= 4 is 11.4 Å². The SMILES string of the molecule is Cc1ccc(C(=O)C=C(c2ccccc2)c2ccccc2)cc1. The van der Waals surface area contributed by atoms with Crippen LogP contribution in [0.3, 0.4) is 0 Å². The van der Waals surface area contributed by atoms with Crippen LogP contribution in [0.25, 0.3) is 5.57 Å². The summed E-state index contributed by atoms with van der Waals surface area (Å²) in [7, 11) is 0. The van der Waals surface area contributed by atoms with Crippen LogP contribution in [0.15, 0.2) is 91.0 Å². The Kier molecular flexibility index (Phi) is 4.49. The number of rotatable bonds is 4. The third-order valence-electron chi connectivity index (χ3n) is 3.78. The first-order valence-corrected chi connectivity index (χ1v) is 7.67. The van der Waals surface area contributed by atoms with E-state index in [0.717, 1.165) is 22.3 Å². The minimum absolute atomic E-state index is 0.0210. The molecule has 0 unspecified atom stereocenters. The number of aryl methyl sites for hydroxylation is 1. The highest BCUT2D eigenvalue weighted by Gasteiger charge is 2.09. The molecule has 0 atom stereocenters. The van der Waals surface area contributed by atoms with E-state index in [1.165, 1.54) is 0 Å². The summed E-state index contributed by atoms with van der Waals surface area (Å²) < 4.78 is 0. The maximum atomic E-state index is 12.6. The van der Waals surface area contributed by atoms with Gasteiger partial charge in [0.2, 0.25) is 0 Å². The van der Waals surface area contributed by atoms with Crippen LogP contribution in [0.4, 0.5) is 0 Å². The van der Waals surface area contributed by atoms with Crippen molar-refractivity contribution in [3.05, 3.63) is 113 Å². The van der Waals surface area contributed by atoms with Crippen molar-refractivity contribution in [2.45, 2.75) is 6.92 Å². The average Bonchev–Trinajstić information content (AvgIpc) is 2.61. The van der Waals surface area contributed by atoms with Crippen LogP contribution in [0, 0.1) is 6.92 Å². The van der Waals surface area contributed by atoms with Gasteiger partial charge in [-0.3, -0.25) is 4.79 Å². The molecule has 3 aromatic rings. The molecule has 0 aliphatic heterocycles. The minimum atomic E-state index is 0.0210. The van der Waals surface area contributed by atoms with Gasteiger partial charge in [0.1, 0.15) is 0 Å². The van der Waals surface area contributed by atoms with Gasteiger partial charge in [-0.1, -0.05) is 90.5 Å². The third-order valence-corrected chi connectivity index (χ3v) is 3.78. The van der Waals surface area contributed by atoms with Gasteiger partial charge in [-0.05, 0) is 29.7 Å². The normalized spacial score (nSPS) is 10.1. The van der Waals surface area contributed by atoms with E-state index >= 15 is 0 Å². The van der Waals surface area contributed by atoms with Gasteiger partial charge in [0.05, 0.1) is 0 Å². The van der Waals surface area contributed by atoms with Crippen LogP contribution in [-0.4, -0.2) is 5.78 Å². The predicted octanol–water partition coefficient (Wildman–Crippen LogP) is 5.31. The molecule has 112 valence electrons. The summed E-state index contributed by atoms with van der Waals surface area (Å²) >= 11 is 0. The van der Waals surface area contributed by atoms with E-state index in [4.69, 9.17) is 0 Å². The quantitative estimate of drug-likeness (QED) is 0.471. The summed E-state index contributed by atoms with van der Waals surface area (Å²) in [5, 5.41) is 0. The first-order chi connectivity index (χ1) is 11.2. The Labute approximate surface area is 136 Å². The molecule has 0 heterocycles. The van der Waals surface area contributed by atoms with Crippen LogP contribution in [0.1, 0.15) is 27.0 Å². The Balaban J connectivity index is 2.05. The topological polar surface area (TPSA) is 17.1 Å². The number of carbonyl (C=O) groups is 1. The van der Waals surface area contributed by atoms with E-state index in [1.807, 2.05) is 91.9 Å². The van der Waals surface area contributed by atoms with Gasteiger partial charge in [-0.25, -0.2) is 0 Å². The molecule has 3 rings (SSSR count). The fraction of sp³-hybridized carbons (Fsp3) is 0.0455. The van der Waals surface area contributed by atoms with E-state index in [9.17, 15) is 4.79 Å². The summed E-state index contributed by atoms with van der Waals surface area (Å²) in [6, 6.07) is 27.7. The predicted molar refractivity (Wildman–Crippen MR) is 95.5 cm³/mol. The second-order valence-corrected chi connectivity index (χ2v) is 5.52. The highest BCUT2D eigenvalue weighted by Crippen LogP contribution is 2.24. The van der Waals surface area contributed by atoms with Crippen molar-refractivity contribution < 1.29 is 4.79 Å². The summed E-state index contributed by atoms with van der Waals surface area (Å²) in [6.45, 7) is 2.02. The molecule has 3 aromatic carbocycles. The summed E-state index contributed by atoms with van der Waals surface area (Å²) in [5.41, 5.74) is 4.88. The van der Waals surface area contributed by atoms with Crippen molar-refractivity contribution in [3.63, 3.8) is 0 Å². The highest BCUT2D eigenvalue weighted by atomic mass is 16.1. The maximum Gasteiger partial charge on any atom is 0.186 e. The zero-order valence-electron chi connectivity index (χ0n) is 13.1. The largest absolute Gasteiger partial charge is 0.289 e. The summed E-state index contributed by atoms with van der Waals surface area (Å²) in [5.74, 6) is 0.0210. The first-order valence-electron chi connectivity index (χ1n) is 7.67. The van der Waals surface area contributed by atoms with E-state index in [1.54, 1.807) is 6.08 Å². The van der Waals surface area contributed by atoms with Crippen LogP contribution in [0.5, 0.6) is 0 Å². The van der Waals surface area contributed by atoms with Gasteiger partial charge in [-0.15, -0.1) is 0 Å². The summed E-state index contributed by atoms with van der Waals surface area (Å²) in [6.07, 6.45) is 1.73. The van der Waals surface area contributed by atoms with Gasteiger partial charge in [0, 0.05) is 5.56 Å². The van der Waals surface area contributed by atoms with Gasteiger partial charge < -0.3 is 0 Å². The van der Waals surface area contributed by atoms with Crippen molar-refractivity contribution in [2.75, 3.05) is 0 Å². The van der Waals surface area contributed by atoms with Crippen LogP contribution in [-0.2, 0) is 0 Å². The van der Waals surface area contributed by atoms with Crippen molar-refractivity contribution in [1.82, 2.24) is 0 Å². The number of hydrogen-bond acceptors (Lipinski definition) is 1. The molecule has 1 heteroatoms. The second-order valence-electron chi connectivity index (χ2n) is 5.52. The lowest BCUT2D eigenvalue weighted by atomic mass is 9.95. The van der Waals surface area contributed by atoms with Crippen molar-refractivity contribution in [2.24, 2.45) is 0 Å². The van der Waals surface area contributed by atoms with E-state index in [2.05, 4.69) is 0 Å². The van der Waals surface area contributed by atoms with E-state index in [-0.39, 0.29) is 5.78 Å². The third kappa shape index (κ3) is 3.64. The van der Waals surface area contributed by atoms with E-state index in [0.29, 0.717) is 5.56 Å². The standard InChI is InChI=1S/C22H18O/c1-17-12-14-20(15-13-17)22(23)16-21(18-8-4-2-5-9-18)19-10-6-3-7-11-19/h2-16H,1H3. The first kappa shape index (κ1) is 15.0. The molecular formula is C22H18O. The van der Waals surface area contributed by atoms with Crippen LogP contribution < -0.4 is 0 Å². The monoisotopic (exact) mass is 298 g/mol.